The van der Waals surface area contributed by atoms with Crippen LogP contribution in [0.2, 0.25) is 0 Å². The van der Waals surface area contributed by atoms with E-state index in [1.54, 1.807) is 0 Å². The summed E-state index contributed by atoms with van der Waals surface area (Å²) in [6.07, 6.45) is 8.84. The Morgan fingerprint density at radius 1 is 1.00 bits per heavy atom. The minimum Gasteiger partial charge on any atom is -0.360 e. The molecule has 0 amide bonds. The van der Waals surface area contributed by atoms with Crippen molar-refractivity contribution in [3.8, 4) is 0 Å². The molecule has 4 rings (SSSR count). The van der Waals surface area contributed by atoms with Gasteiger partial charge in [-0.15, -0.1) is 0 Å². The van der Waals surface area contributed by atoms with Gasteiger partial charge in [-0.25, -0.2) is 0 Å². The molecular formula is C18H26N4O2. The lowest BCUT2D eigenvalue weighted by molar-refractivity contribution is 0.225. The van der Waals surface area contributed by atoms with E-state index in [9.17, 15) is 0 Å². The Kier molecular flexibility index (Phi) is 4.65. The molecule has 6 nitrogen and oxygen atoms in total. The first-order valence-electron chi connectivity index (χ1n) is 9.32. The molecule has 0 saturated heterocycles. The molecule has 0 unspecified atom stereocenters. The van der Waals surface area contributed by atoms with Gasteiger partial charge in [0.1, 0.15) is 0 Å². The van der Waals surface area contributed by atoms with Gasteiger partial charge in [0.15, 0.2) is 11.6 Å². The zero-order valence-corrected chi connectivity index (χ0v) is 14.4. The highest BCUT2D eigenvalue weighted by Crippen LogP contribution is 2.38. The lowest BCUT2D eigenvalue weighted by Crippen LogP contribution is -2.22. The summed E-state index contributed by atoms with van der Waals surface area (Å²) in [6.45, 7) is 4.47. The van der Waals surface area contributed by atoms with Gasteiger partial charge in [0.2, 0.25) is 5.89 Å². The quantitative estimate of drug-likeness (QED) is 0.764. The van der Waals surface area contributed by atoms with E-state index in [2.05, 4.69) is 33.2 Å². The van der Waals surface area contributed by atoms with E-state index in [1.807, 2.05) is 0 Å². The van der Waals surface area contributed by atoms with E-state index in [4.69, 9.17) is 9.05 Å². The van der Waals surface area contributed by atoms with Crippen LogP contribution in [0.1, 0.15) is 86.9 Å². The van der Waals surface area contributed by atoms with E-state index < -0.39 is 0 Å². The molecule has 0 aliphatic heterocycles. The van der Waals surface area contributed by atoms with Gasteiger partial charge < -0.3 is 9.05 Å². The Morgan fingerprint density at radius 2 is 1.83 bits per heavy atom. The fourth-order valence-electron chi connectivity index (χ4n) is 3.52. The highest BCUT2D eigenvalue weighted by molar-refractivity contribution is 5.11. The van der Waals surface area contributed by atoms with Gasteiger partial charge in [0, 0.05) is 17.9 Å². The third-order valence-corrected chi connectivity index (χ3v) is 5.20. The predicted octanol–water partition coefficient (Wildman–Crippen LogP) is 4.00. The SMILES string of the molecule is CCN(Cc1noc(C2CC2)n1)Cc1cc(C2CCCCC2)no1. The minimum absolute atomic E-state index is 0.508. The van der Waals surface area contributed by atoms with Crippen LogP contribution < -0.4 is 0 Å². The van der Waals surface area contributed by atoms with E-state index in [-0.39, 0.29) is 0 Å². The van der Waals surface area contributed by atoms with Gasteiger partial charge in [-0.2, -0.15) is 4.98 Å². The molecule has 6 heteroatoms. The fraction of sp³-hybridized carbons (Fsp3) is 0.722. The second-order valence-corrected chi connectivity index (χ2v) is 7.18. The van der Waals surface area contributed by atoms with Gasteiger partial charge in [0.25, 0.3) is 0 Å². The molecule has 0 radical (unpaired) electrons. The minimum atomic E-state index is 0.508. The van der Waals surface area contributed by atoms with Crippen LogP contribution in [0.4, 0.5) is 0 Å². The normalized spacial score (nSPS) is 19.2. The summed E-state index contributed by atoms with van der Waals surface area (Å²) >= 11 is 0. The first-order chi connectivity index (χ1) is 11.8. The zero-order valence-electron chi connectivity index (χ0n) is 14.4. The van der Waals surface area contributed by atoms with Crippen LogP contribution in [-0.2, 0) is 13.1 Å². The smallest absolute Gasteiger partial charge is 0.229 e. The molecule has 0 atom stereocenters. The lowest BCUT2D eigenvalue weighted by Gasteiger charge is -2.18. The van der Waals surface area contributed by atoms with Gasteiger partial charge in [0.05, 0.1) is 18.8 Å². The molecule has 0 aromatic carbocycles. The van der Waals surface area contributed by atoms with Gasteiger partial charge in [-0.05, 0) is 32.2 Å². The topological polar surface area (TPSA) is 68.2 Å². The maximum atomic E-state index is 5.59. The van der Waals surface area contributed by atoms with Crippen LogP contribution in [0.3, 0.4) is 0 Å². The van der Waals surface area contributed by atoms with Crippen molar-refractivity contribution < 1.29 is 9.05 Å². The molecule has 2 heterocycles. The summed E-state index contributed by atoms with van der Waals surface area (Å²) in [5, 5.41) is 8.43. The Labute approximate surface area is 142 Å². The molecule has 2 fully saturated rings. The molecule has 130 valence electrons. The lowest BCUT2D eigenvalue weighted by atomic mass is 9.87. The van der Waals surface area contributed by atoms with Crippen LogP contribution in [0, 0.1) is 0 Å². The van der Waals surface area contributed by atoms with Gasteiger partial charge in [-0.3, -0.25) is 4.90 Å². The molecule has 2 aliphatic carbocycles. The van der Waals surface area contributed by atoms with Crippen molar-refractivity contribution in [3.63, 3.8) is 0 Å². The number of nitrogens with zero attached hydrogens (tertiary/aromatic N) is 4. The van der Waals surface area contributed by atoms with Gasteiger partial charge >= 0.3 is 0 Å². The summed E-state index contributed by atoms with van der Waals surface area (Å²) in [7, 11) is 0. The van der Waals surface area contributed by atoms with Crippen molar-refractivity contribution >= 4 is 0 Å². The first kappa shape index (κ1) is 15.8. The zero-order chi connectivity index (χ0) is 16.4. The molecule has 2 saturated carbocycles. The second kappa shape index (κ2) is 7.05. The van der Waals surface area contributed by atoms with Gasteiger partial charge in [-0.1, -0.05) is 36.5 Å². The monoisotopic (exact) mass is 330 g/mol. The molecule has 0 spiro atoms. The Morgan fingerprint density at radius 3 is 2.58 bits per heavy atom. The van der Waals surface area contributed by atoms with Crippen LogP contribution in [0.15, 0.2) is 15.1 Å². The molecule has 2 aromatic heterocycles. The summed E-state index contributed by atoms with van der Waals surface area (Å²) in [5.74, 6) is 3.60. The molecular weight excluding hydrogens is 304 g/mol. The predicted molar refractivity (Wildman–Crippen MR) is 88.4 cm³/mol. The summed E-state index contributed by atoms with van der Waals surface area (Å²) in [6, 6.07) is 2.14. The van der Waals surface area contributed by atoms with E-state index in [1.165, 1.54) is 44.9 Å². The van der Waals surface area contributed by atoms with Crippen LogP contribution in [0.5, 0.6) is 0 Å². The van der Waals surface area contributed by atoms with Crippen LogP contribution in [-0.4, -0.2) is 26.7 Å². The van der Waals surface area contributed by atoms with E-state index in [0.29, 0.717) is 18.4 Å². The van der Waals surface area contributed by atoms with Crippen LogP contribution >= 0.6 is 0 Å². The van der Waals surface area contributed by atoms with Crippen molar-refractivity contribution in [1.29, 1.82) is 0 Å². The van der Waals surface area contributed by atoms with Crippen molar-refractivity contribution in [2.45, 2.75) is 76.8 Å². The standard InChI is InChI=1S/C18H26N4O2/c1-2-22(12-17-19-18(24-21-17)14-8-9-14)11-15-10-16(20-23-15)13-6-4-3-5-7-13/h10,13-14H,2-9,11-12H2,1H3. The highest BCUT2D eigenvalue weighted by Gasteiger charge is 2.29. The molecule has 2 aromatic rings. The van der Waals surface area contributed by atoms with E-state index >= 15 is 0 Å². The van der Waals surface area contributed by atoms with E-state index in [0.717, 1.165) is 36.3 Å². The van der Waals surface area contributed by atoms with Crippen LogP contribution in [0.25, 0.3) is 0 Å². The Hall–Kier alpha value is -1.69. The third kappa shape index (κ3) is 3.69. The number of hydrogen-bond acceptors (Lipinski definition) is 6. The summed E-state index contributed by atoms with van der Waals surface area (Å²) in [4.78, 5) is 6.77. The number of aromatic nitrogens is 3. The summed E-state index contributed by atoms with van der Waals surface area (Å²) < 4.78 is 10.9. The van der Waals surface area contributed by atoms with Crippen molar-refractivity contribution in [2.24, 2.45) is 0 Å². The average molecular weight is 330 g/mol. The first-order valence-corrected chi connectivity index (χ1v) is 9.32. The average Bonchev–Trinajstić information content (AvgIpc) is 3.19. The Balaban J connectivity index is 1.36. The number of hydrogen-bond donors (Lipinski definition) is 0. The van der Waals surface area contributed by atoms with Crippen molar-refractivity contribution in [3.05, 3.63) is 29.2 Å². The second-order valence-electron chi connectivity index (χ2n) is 7.18. The molecule has 0 bridgehead atoms. The van der Waals surface area contributed by atoms with Crippen molar-refractivity contribution in [1.82, 2.24) is 20.2 Å². The number of rotatable bonds is 7. The fourth-order valence-corrected chi connectivity index (χ4v) is 3.52. The Bertz CT molecular complexity index is 656. The maximum absolute atomic E-state index is 5.59. The molecule has 24 heavy (non-hydrogen) atoms. The summed E-state index contributed by atoms with van der Waals surface area (Å²) in [5.41, 5.74) is 1.14. The molecule has 2 aliphatic rings. The third-order valence-electron chi connectivity index (χ3n) is 5.20. The largest absolute Gasteiger partial charge is 0.360 e. The molecule has 0 N–H and O–H groups in total. The maximum Gasteiger partial charge on any atom is 0.229 e. The van der Waals surface area contributed by atoms with Crippen molar-refractivity contribution in [2.75, 3.05) is 6.54 Å². The highest BCUT2D eigenvalue weighted by atomic mass is 16.5.